The van der Waals surface area contributed by atoms with Gasteiger partial charge in [0.05, 0.1) is 0 Å². The average Bonchev–Trinajstić information content (AvgIpc) is 2.51. The van der Waals surface area contributed by atoms with Crippen molar-refractivity contribution in [2.24, 2.45) is 0 Å². The highest BCUT2D eigenvalue weighted by Crippen LogP contribution is 2.22. The third-order valence-electron chi connectivity index (χ3n) is 4.02. The molecule has 0 radical (unpaired) electrons. The van der Waals surface area contributed by atoms with Crippen molar-refractivity contribution < 1.29 is 34.4 Å². The molecule has 0 atom stereocenters. The van der Waals surface area contributed by atoms with Gasteiger partial charge in [0.1, 0.15) is 6.61 Å². The second-order valence-corrected chi connectivity index (χ2v) is 6.05. The van der Waals surface area contributed by atoms with Gasteiger partial charge < -0.3 is 20.1 Å². The molecule has 0 aromatic heterocycles. The van der Waals surface area contributed by atoms with Gasteiger partial charge in [0, 0.05) is 0 Å². The van der Waals surface area contributed by atoms with E-state index in [0.717, 1.165) is 19.3 Å². The molecule has 24 heavy (non-hydrogen) atoms. The van der Waals surface area contributed by atoms with Gasteiger partial charge in [-0.15, -0.1) is 0 Å². The summed E-state index contributed by atoms with van der Waals surface area (Å²) in [5.41, 5.74) is -2.47. The summed E-state index contributed by atoms with van der Waals surface area (Å²) >= 11 is 0. The summed E-state index contributed by atoms with van der Waals surface area (Å²) < 4.78 is 4.70. The summed E-state index contributed by atoms with van der Waals surface area (Å²) in [5, 5.41) is 26.9. The Labute approximate surface area is 143 Å². The highest BCUT2D eigenvalue weighted by Gasteiger charge is 2.48. The number of aliphatic carboxylic acids is 3. The summed E-state index contributed by atoms with van der Waals surface area (Å²) in [6, 6.07) is 0. The molecule has 0 saturated heterocycles. The van der Waals surface area contributed by atoms with E-state index in [-0.39, 0.29) is 6.42 Å². The lowest BCUT2D eigenvalue weighted by Crippen LogP contribution is -2.50. The largest absolute Gasteiger partial charge is 0.480 e. The summed E-state index contributed by atoms with van der Waals surface area (Å²) in [4.78, 5) is 33.1. The summed E-state index contributed by atoms with van der Waals surface area (Å²) in [6.07, 6.45) is 10.1. The summed E-state index contributed by atoms with van der Waals surface area (Å²) in [6.45, 7) is 1.23. The molecule has 0 aliphatic carbocycles. The van der Waals surface area contributed by atoms with Gasteiger partial charge in [-0.3, -0.25) is 0 Å². The molecular weight excluding hydrogens is 316 g/mol. The van der Waals surface area contributed by atoms with Gasteiger partial charge in [0.15, 0.2) is 0 Å². The molecular formula is C17H30O7. The molecule has 3 N–H and O–H groups in total. The molecule has 0 bridgehead atoms. The van der Waals surface area contributed by atoms with Crippen molar-refractivity contribution in [3.63, 3.8) is 0 Å². The predicted octanol–water partition coefficient (Wildman–Crippen LogP) is 3.31. The maximum absolute atomic E-state index is 11.3. The second kappa shape index (κ2) is 12.8. The smallest absolute Gasteiger partial charge is 0.347 e. The van der Waals surface area contributed by atoms with Gasteiger partial charge >= 0.3 is 17.9 Å². The van der Waals surface area contributed by atoms with Crippen molar-refractivity contribution >= 4 is 17.9 Å². The quantitative estimate of drug-likeness (QED) is 0.289. The second-order valence-electron chi connectivity index (χ2n) is 6.05. The van der Waals surface area contributed by atoms with Crippen LogP contribution in [0.25, 0.3) is 0 Å². The molecule has 0 amide bonds. The number of carbonyl (C=O) groups is 3. The van der Waals surface area contributed by atoms with Crippen molar-refractivity contribution in [3.05, 3.63) is 0 Å². The number of hydrogen-bond acceptors (Lipinski definition) is 4. The summed E-state index contributed by atoms with van der Waals surface area (Å²) in [5.74, 6) is -4.72. The Morgan fingerprint density at radius 1 is 0.750 bits per heavy atom. The third-order valence-corrected chi connectivity index (χ3v) is 4.02. The number of ether oxygens (including phenoxy) is 1. The van der Waals surface area contributed by atoms with E-state index < -0.39 is 30.1 Å². The van der Waals surface area contributed by atoms with Crippen molar-refractivity contribution in [2.75, 3.05) is 6.61 Å². The zero-order valence-electron chi connectivity index (χ0n) is 14.5. The minimum atomic E-state index is -2.47. The monoisotopic (exact) mass is 346 g/mol. The third kappa shape index (κ3) is 8.86. The van der Waals surface area contributed by atoms with Crippen LogP contribution in [0.1, 0.15) is 77.6 Å². The standard InChI is InChI=1S/C17H30O7/c1-2-3-4-5-6-7-8-9-10-11-12-17(15(20)21,16(22)23)24-13-14(18)19/h2-13H2,1H3,(H,18,19)(H,20,21)(H,22,23). The SMILES string of the molecule is CCCCCCCCCCCCC(OCC(=O)O)(C(=O)O)C(=O)O. The van der Waals surface area contributed by atoms with Crippen LogP contribution in [-0.4, -0.2) is 45.4 Å². The lowest BCUT2D eigenvalue weighted by atomic mass is 9.95. The van der Waals surface area contributed by atoms with E-state index in [1.54, 1.807) is 0 Å². The van der Waals surface area contributed by atoms with Crippen molar-refractivity contribution in [3.8, 4) is 0 Å². The zero-order chi connectivity index (χ0) is 18.4. The Kier molecular flexibility index (Phi) is 11.9. The first-order valence-corrected chi connectivity index (χ1v) is 8.69. The van der Waals surface area contributed by atoms with Gasteiger partial charge in [-0.05, 0) is 12.8 Å². The van der Waals surface area contributed by atoms with Gasteiger partial charge in [-0.1, -0.05) is 64.7 Å². The van der Waals surface area contributed by atoms with Crippen molar-refractivity contribution in [2.45, 2.75) is 83.2 Å². The highest BCUT2D eigenvalue weighted by atomic mass is 16.6. The van der Waals surface area contributed by atoms with Gasteiger partial charge in [0.2, 0.25) is 0 Å². The van der Waals surface area contributed by atoms with Crippen LogP contribution >= 0.6 is 0 Å². The molecule has 140 valence electrons. The molecule has 0 rings (SSSR count). The minimum absolute atomic E-state index is 0.235. The van der Waals surface area contributed by atoms with Crippen LogP contribution in [-0.2, 0) is 19.1 Å². The Morgan fingerprint density at radius 3 is 1.54 bits per heavy atom. The Bertz CT molecular complexity index is 378. The van der Waals surface area contributed by atoms with Crippen molar-refractivity contribution in [1.29, 1.82) is 0 Å². The fraction of sp³-hybridized carbons (Fsp3) is 0.824. The van der Waals surface area contributed by atoms with Gasteiger partial charge in [-0.2, -0.15) is 0 Å². The predicted molar refractivity (Wildman–Crippen MR) is 88.1 cm³/mol. The van der Waals surface area contributed by atoms with E-state index in [4.69, 9.17) is 20.1 Å². The molecule has 0 aromatic rings. The van der Waals surface area contributed by atoms with Crippen LogP contribution in [0.2, 0.25) is 0 Å². The Balaban J connectivity index is 4.09. The molecule has 0 aliphatic heterocycles. The first kappa shape index (κ1) is 22.4. The van der Waals surface area contributed by atoms with Crippen LogP contribution in [0, 0.1) is 0 Å². The molecule has 0 fully saturated rings. The molecule has 7 nitrogen and oxygen atoms in total. The first-order chi connectivity index (χ1) is 11.4. The van der Waals surface area contributed by atoms with Gasteiger partial charge in [-0.25, -0.2) is 14.4 Å². The van der Waals surface area contributed by atoms with E-state index in [0.29, 0.717) is 12.8 Å². The molecule has 0 aromatic carbocycles. The number of hydrogen-bond donors (Lipinski definition) is 3. The number of rotatable bonds is 16. The maximum atomic E-state index is 11.3. The Morgan fingerprint density at radius 2 is 1.17 bits per heavy atom. The minimum Gasteiger partial charge on any atom is -0.480 e. The normalized spacial score (nSPS) is 11.4. The average molecular weight is 346 g/mol. The number of unbranched alkanes of at least 4 members (excludes halogenated alkanes) is 9. The lowest BCUT2D eigenvalue weighted by Gasteiger charge is -2.24. The first-order valence-electron chi connectivity index (χ1n) is 8.69. The van der Waals surface area contributed by atoms with Crippen molar-refractivity contribution in [1.82, 2.24) is 0 Å². The van der Waals surface area contributed by atoms with Crippen LogP contribution < -0.4 is 0 Å². The molecule has 0 aliphatic rings. The van der Waals surface area contributed by atoms with E-state index >= 15 is 0 Å². The number of carboxylic acid groups (broad SMARTS) is 3. The van der Waals surface area contributed by atoms with Crippen LogP contribution in [0.4, 0.5) is 0 Å². The van der Waals surface area contributed by atoms with Gasteiger partial charge in [0.25, 0.3) is 5.60 Å². The van der Waals surface area contributed by atoms with Crippen LogP contribution in [0.5, 0.6) is 0 Å². The molecule has 7 heteroatoms. The number of carboxylic acids is 3. The molecule has 0 unspecified atom stereocenters. The highest BCUT2D eigenvalue weighted by molar-refractivity contribution is 6.02. The van der Waals surface area contributed by atoms with E-state index in [1.165, 1.54) is 32.1 Å². The maximum Gasteiger partial charge on any atom is 0.347 e. The van der Waals surface area contributed by atoms with E-state index in [1.807, 2.05) is 0 Å². The van der Waals surface area contributed by atoms with E-state index in [2.05, 4.69) is 6.92 Å². The zero-order valence-corrected chi connectivity index (χ0v) is 14.5. The van der Waals surface area contributed by atoms with Crippen LogP contribution in [0.3, 0.4) is 0 Å². The van der Waals surface area contributed by atoms with E-state index in [9.17, 15) is 14.4 Å². The molecule has 0 spiro atoms. The molecule has 0 saturated carbocycles. The lowest BCUT2D eigenvalue weighted by molar-refractivity contribution is -0.187. The topological polar surface area (TPSA) is 121 Å². The fourth-order valence-corrected chi connectivity index (χ4v) is 2.55. The molecule has 0 heterocycles. The fourth-order valence-electron chi connectivity index (χ4n) is 2.55. The van der Waals surface area contributed by atoms with Crippen LogP contribution in [0.15, 0.2) is 0 Å². The Hall–Kier alpha value is -1.63. The summed E-state index contributed by atoms with van der Waals surface area (Å²) in [7, 11) is 0.